The molecule has 0 aliphatic heterocycles. The van der Waals surface area contributed by atoms with E-state index in [1.807, 2.05) is 60.8 Å². The molecule has 9 aromatic carbocycles. The van der Waals surface area contributed by atoms with E-state index >= 15 is 8.78 Å². The van der Waals surface area contributed by atoms with Crippen LogP contribution in [-0.4, -0.2) is 11.7 Å². The summed E-state index contributed by atoms with van der Waals surface area (Å²) in [5.41, 5.74) is 16.4. The summed E-state index contributed by atoms with van der Waals surface area (Å²) in [6.45, 7) is 23.9. The van der Waals surface area contributed by atoms with Crippen molar-refractivity contribution in [2.45, 2.75) is 78.6 Å². The molecule has 0 fully saturated rings. The third kappa shape index (κ3) is 8.54. The van der Waals surface area contributed by atoms with Gasteiger partial charge < -0.3 is 4.42 Å². The molecule has 13 rings (SSSR count). The van der Waals surface area contributed by atoms with Crippen molar-refractivity contribution in [3.8, 4) is 33.4 Å². The van der Waals surface area contributed by atoms with Crippen LogP contribution in [0, 0.1) is 18.6 Å². The van der Waals surface area contributed by atoms with Crippen molar-refractivity contribution in [2.24, 2.45) is 4.99 Å². The van der Waals surface area contributed by atoms with E-state index in [0.717, 1.165) is 95.0 Å². The van der Waals surface area contributed by atoms with Gasteiger partial charge in [0.1, 0.15) is 34.4 Å². The van der Waals surface area contributed by atoms with Crippen molar-refractivity contribution in [1.29, 1.82) is 0 Å². The number of benzene rings is 9. The first-order valence-corrected chi connectivity index (χ1v) is 28.4. The highest BCUT2D eigenvalue weighted by atomic mass is 19.1. The van der Waals surface area contributed by atoms with Crippen LogP contribution >= 0.6 is 0 Å². The molecule has 0 saturated heterocycles. The second-order valence-corrected chi connectivity index (χ2v) is 24.4. The molecule has 7 heteroatoms. The van der Waals surface area contributed by atoms with E-state index in [9.17, 15) is 0 Å². The molecule has 5 nitrogen and oxygen atoms in total. The highest BCUT2D eigenvalue weighted by molar-refractivity contribution is 6.20. The number of pyridine rings is 1. The summed E-state index contributed by atoms with van der Waals surface area (Å²) in [4.78, 5) is 14.8. The van der Waals surface area contributed by atoms with Crippen LogP contribution in [0.1, 0.15) is 99.9 Å². The number of aryl methyl sites for hydroxylation is 1. The van der Waals surface area contributed by atoms with Crippen molar-refractivity contribution < 1.29 is 13.2 Å². The lowest BCUT2D eigenvalue weighted by Crippen LogP contribution is -2.27. The van der Waals surface area contributed by atoms with Crippen LogP contribution in [0.3, 0.4) is 0 Å². The minimum Gasteiger partial charge on any atom is -0.455 e. The topological polar surface area (TPSA) is 44.9 Å². The predicted molar refractivity (Wildman–Crippen MR) is 341 cm³/mol. The average molecular weight is 1090 g/mol. The first-order valence-electron chi connectivity index (χ1n) is 28.4. The zero-order chi connectivity index (χ0) is 57.7. The van der Waals surface area contributed by atoms with Crippen molar-refractivity contribution >= 4 is 62.8 Å². The number of hydrogen-bond donors (Lipinski definition) is 0. The van der Waals surface area contributed by atoms with E-state index in [-0.39, 0.29) is 22.0 Å². The lowest BCUT2D eigenvalue weighted by molar-refractivity contribution is 0.590. The molecular formula is C76H64F2N4O. The summed E-state index contributed by atoms with van der Waals surface area (Å²) in [6.07, 6.45) is 4.08. The maximum atomic E-state index is 17.3. The van der Waals surface area contributed by atoms with Gasteiger partial charge >= 0.3 is 0 Å². The molecule has 83 heavy (non-hydrogen) atoms. The average Bonchev–Trinajstić information content (AvgIpc) is 1.52. The van der Waals surface area contributed by atoms with Gasteiger partial charge in [0.25, 0.3) is 0 Å². The van der Waals surface area contributed by atoms with Gasteiger partial charge in [-0.1, -0.05) is 187 Å². The Morgan fingerprint density at radius 2 is 1.16 bits per heavy atom. The number of anilines is 5. The molecule has 2 aromatic heterocycles. The van der Waals surface area contributed by atoms with Gasteiger partial charge in [0.2, 0.25) is 0 Å². The Morgan fingerprint density at radius 3 is 1.76 bits per heavy atom. The van der Waals surface area contributed by atoms with Gasteiger partial charge in [0.15, 0.2) is 0 Å². The lowest BCUT2D eigenvalue weighted by atomic mass is 9.70. The van der Waals surface area contributed by atoms with Crippen LogP contribution in [0.4, 0.5) is 37.3 Å². The second kappa shape index (κ2) is 19.9. The summed E-state index contributed by atoms with van der Waals surface area (Å²) in [6, 6.07) is 67.6. The van der Waals surface area contributed by atoms with Gasteiger partial charge in [-0.25, -0.2) is 18.8 Å². The first-order chi connectivity index (χ1) is 40.0. The predicted octanol–water partition coefficient (Wildman–Crippen LogP) is 20.8. The zero-order valence-corrected chi connectivity index (χ0v) is 48.4. The molecule has 1 spiro atoms. The fourth-order valence-electron chi connectivity index (χ4n) is 12.9. The minimum absolute atomic E-state index is 0.0977. The molecule has 0 amide bonds. The number of halogens is 2. The van der Waals surface area contributed by atoms with Gasteiger partial charge in [-0.3, -0.25) is 9.80 Å². The maximum absolute atomic E-state index is 17.3. The zero-order valence-electron chi connectivity index (χ0n) is 48.4. The number of nitrogens with zero attached hydrogens (tertiary/aromatic N) is 4. The molecule has 0 unspecified atom stereocenters. The molecule has 0 atom stereocenters. The largest absolute Gasteiger partial charge is 0.455 e. The van der Waals surface area contributed by atoms with E-state index in [1.54, 1.807) is 12.1 Å². The van der Waals surface area contributed by atoms with Gasteiger partial charge in [-0.2, -0.15) is 0 Å². The Bertz CT molecular complexity index is 4410. The van der Waals surface area contributed by atoms with Crippen molar-refractivity contribution in [1.82, 2.24) is 4.98 Å². The lowest BCUT2D eigenvalue weighted by Gasteiger charge is -2.34. The van der Waals surface area contributed by atoms with E-state index in [4.69, 9.17) is 14.4 Å². The van der Waals surface area contributed by atoms with Crippen molar-refractivity contribution in [3.05, 3.63) is 280 Å². The van der Waals surface area contributed by atoms with Crippen LogP contribution in [-0.2, 0) is 16.2 Å². The third-order valence-corrected chi connectivity index (χ3v) is 16.7. The minimum atomic E-state index is -1.31. The summed E-state index contributed by atoms with van der Waals surface area (Å²) >= 11 is 0. The monoisotopic (exact) mass is 1090 g/mol. The Labute approximate surface area is 485 Å². The number of para-hydroxylation sites is 1. The molecule has 0 bridgehead atoms. The smallest absolute Gasteiger partial charge is 0.145 e. The van der Waals surface area contributed by atoms with E-state index in [1.165, 1.54) is 23.3 Å². The molecule has 2 heterocycles. The van der Waals surface area contributed by atoms with Crippen LogP contribution in [0.15, 0.2) is 233 Å². The number of aromatic nitrogens is 1. The quantitative estimate of drug-likeness (QED) is 0.101. The summed E-state index contributed by atoms with van der Waals surface area (Å²) in [5, 5.41) is 1.75. The molecule has 2 aliphatic rings. The highest BCUT2D eigenvalue weighted by Gasteiger charge is 2.55. The molecule has 11 aromatic rings. The number of furan rings is 1. The van der Waals surface area contributed by atoms with Crippen molar-refractivity contribution in [3.63, 3.8) is 0 Å². The number of rotatable bonds is 10. The van der Waals surface area contributed by atoms with Crippen LogP contribution < -0.4 is 9.80 Å². The van der Waals surface area contributed by atoms with Crippen LogP contribution in [0.2, 0.25) is 0 Å². The van der Waals surface area contributed by atoms with Gasteiger partial charge in [0, 0.05) is 56.5 Å². The Balaban J connectivity index is 1.19. The van der Waals surface area contributed by atoms with Crippen molar-refractivity contribution in [2.75, 3.05) is 9.80 Å². The number of hydrogen-bond acceptors (Lipinski definition) is 5. The first kappa shape index (κ1) is 52.9. The fraction of sp³-hybridized carbons (Fsp3) is 0.158. The number of aliphatic imine (C=N–C) groups is 1. The van der Waals surface area contributed by atoms with Crippen LogP contribution in [0.25, 0.3) is 60.9 Å². The summed E-state index contributed by atoms with van der Waals surface area (Å²) in [5.74, 6) is 0.317. The SMILES string of the molecule is C=N/C(=C(\C=C(C)C)c1ccccc1)N(c1ccc(C(C)(C)C)cc1)c1cc2c(c3oc4ccccc4c13)-c1ccc(N(c3ccc(C(C)(C)C)cc3)c3ncc(C)cc3-c3ccccc3)cc1C21c2cccc(F)c2-c2c(F)cccc21. The molecule has 0 N–H and O–H groups in total. The Hall–Kier alpha value is -9.46. The second-order valence-electron chi connectivity index (χ2n) is 24.4. The highest BCUT2D eigenvalue weighted by Crippen LogP contribution is 2.67. The number of fused-ring (bicyclic) bond motifs is 14. The Morgan fingerprint density at radius 1 is 0.578 bits per heavy atom. The van der Waals surface area contributed by atoms with Gasteiger partial charge in [0.05, 0.1) is 16.5 Å². The fourth-order valence-corrected chi connectivity index (χ4v) is 12.9. The molecule has 2 aliphatic carbocycles. The normalized spacial score (nSPS) is 13.3. The van der Waals surface area contributed by atoms with E-state index in [2.05, 4.69) is 206 Å². The molecule has 408 valence electrons. The maximum Gasteiger partial charge on any atom is 0.145 e. The van der Waals surface area contributed by atoms with Gasteiger partial charge in [-0.15, -0.1) is 0 Å². The standard InChI is InChI=1S/C76H64F2N4O/c1-46(2)41-57(48-21-13-11-14-22-48)72(79-10)82(53-37-33-51(34-38-53)75(7,8)9)65-44-62-67(71-68(65)56-25-17-18-30-66(56)83-71)55-40-39-54(43-61(55)76(62)59-26-19-28-63(77)69(59)70-60(76)27-20-29-64(70)78)81(52-35-31-50(32-36-52)74(4,5)6)73-58(42-47(3)45-80-73)49-23-15-12-16-24-49/h11-45H,10H2,1-9H3/b72-57-. The molecule has 0 saturated carbocycles. The Kier molecular flexibility index (Phi) is 12.7. The summed E-state index contributed by atoms with van der Waals surface area (Å²) in [7, 11) is 0. The van der Waals surface area contributed by atoms with E-state index in [0.29, 0.717) is 28.1 Å². The molecular weight excluding hydrogens is 1020 g/mol. The van der Waals surface area contributed by atoms with Gasteiger partial charge in [-0.05, 0) is 161 Å². The molecule has 0 radical (unpaired) electrons. The summed E-state index contributed by atoms with van der Waals surface area (Å²) < 4.78 is 42.0. The number of allylic oxidation sites excluding steroid dienone is 3. The van der Waals surface area contributed by atoms with E-state index < -0.39 is 17.0 Å². The van der Waals surface area contributed by atoms with Crippen LogP contribution in [0.5, 0.6) is 0 Å². The third-order valence-electron chi connectivity index (χ3n) is 16.7.